The molecule has 172 valence electrons. The minimum absolute atomic E-state index is 0.00719. The first-order chi connectivity index (χ1) is 16.5. The highest BCUT2D eigenvalue weighted by Gasteiger charge is 2.34. The summed E-state index contributed by atoms with van der Waals surface area (Å²) >= 11 is 5.21. The van der Waals surface area contributed by atoms with E-state index in [1.165, 1.54) is 11.0 Å². The highest BCUT2D eigenvalue weighted by molar-refractivity contribution is 7.80. The number of carbonyl (C=O) groups excluding carboxylic acids is 2. The Balaban J connectivity index is 1.50. The second-order valence-electron chi connectivity index (χ2n) is 7.33. The van der Waals surface area contributed by atoms with Crippen molar-refractivity contribution in [3.05, 3.63) is 89.5 Å². The van der Waals surface area contributed by atoms with Gasteiger partial charge in [0.15, 0.2) is 5.11 Å². The first-order valence-electron chi connectivity index (χ1n) is 10.4. The lowest BCUT2D eigenvalue weighted by Gasteiger charge is -2.28. The molecule has 1 aliphatic rings. The number of thiocarbonyl (C=S) groups is 1. The molecule has 34 heavy (non-hydrogen) atoms. The molecule has 0 spiro atoms. The van der Waals surface area contributed by atoms with Crippen LogP contribution in [0.4, 0.5) is 5.69 Å². The number of amides is 2. The molecule has 1 aliphatic heterocycles. The molecule has 0 aliphatic carbocycles. The number of ether oxygens (including phenoxy) is 3. The molecule has 3 aromatic carbocycles. The summed E-state index contributed by atoms with van der Waals surface area (Å²) in [6, 6.07) is 21.5. The van der Waals surface area contributed by atoms with Gasteiger partial charge in [0.1, 0.15) is 29.4 Å². The molecule has 3 aromatic rings. The summed E-state index contributed by atoms with van der Waals surface area (Å²) in [5, 5.41) is 2.63. The average Bonchev–Trinajstić information content (AvgIpc) is 2.86. The van der Waals surface area contributed by atoms with Crippen molar-refractivity contribution < 1.29 is 23.8 Å². The zero-order valence-corrected chi connectivity index (χ0v) is 19.4. The van der Waals surface area contributed by atoms with Crippen LogP contribution in [0.5, 0.6) is 17.2 Å². The Morgan fingerprint density at radius 3 is 2.29 bits per heavy atom. The molecule has 1 saturated heterocycles. The van der Waals surface area contributed by atoms with Gasteiger partial charge in [0, 0.05) is 5.56 Å². The Hall–Kier alpha value is -4.17. The molecular formula is C26H22N2O5S. The van der Waals surface area contributed by atoms with Crippen molar-refractivity contribution >= 4 is 40.9 Å². The van der Waals surface area contributed by atoms with Crippen molar-refractivity contribution in [3.8, 4) is 17.2 Å². The van der Waals surface area contributed by atoms with Gasteiger partial charge in [0.25, 0.3) is 11.8 Å². The van der Waals surface area contributed by atoms with E-state index < -0.39 is 11.8 Å². The Kier molecular flexibility index (Phi) is 6.89. The lowest BCUT2D eigenvalue weighted by atomic mass is 10.1. The van der Waals surface area contributed by atoms with Crippen LogP contribution in [0.2, 0.25) is 0 Å². The molecule has 0 atom stereocenters. The zero-order chi connectivity index (χ0) is 24.1. The zero-order valence-electron chi connectivity index (χ0n) is 18.6. The third kappa shape index (κ3) is 4.92. The summed E-state index contributed by atoms with van der Waals surface area (Å²) in [6.45, 7) is 0.283. The third-order valence-electron chi connectivity index (χ3n) is 5.19. The highest BCUT2D eigenvalue weighted by Crippen LogP contribution is 2.26. The molecule has 0 aromatic heterocycles. The summed E-state index contributed by atoms with van der Waals surface area (Å²) < 4.78 is 16.5. The first kappa shape index (κ1) is 23.0. The van der Waals surface area contributed by atoms with Crippen LogP contribution in [-0.2, 0) is 16.2 Å². The number of rotatable bonds is 7. The summed E-state index contributed by atoms with van der Waals surface area (Å²) in [6.07, 6.45) is 1.53. The van der Waals surface area contributed by atoms with Crippen molar-refractivity contribution in [2.75, 3.05) is 19.1 Å². The van der Waals surface area contributed by atoms with Crippen molar-refractivity contribution in [3.63, 3.8) is 0 Å². The Bertz CT molecular complexity index is 1260. The topological polar surface area (TPSA) is 77.1 Å². The number of hydrogen-bond donors (Lipinski definition) is 1. The van der Waals surface area contributed by atoms with E-state index in [1.807, 2.05) is 24.3 Å². The van der Waals surface area contributed by atoms with Crippen LogP contribution in [0, 0.1) is 0 Å². The minimum atomic E-state index is -0.535. The Labute approximate surface area is 202 Å². The SMILES string of the molecule is COc1ccc(OC)c(COc2ccc(/C=C3\C(=O)NC(=S)N(c4ccccc4)C3=O)cc2)c1. The molecule has 1 N–H and O–H groups in total. The predicted octanol–water partition coefficient (Wildman–Crippen LogP) is 4.11. The highest BCUT2D eigenvalue weighted by atomic mass is 32.1. The van der Waals surface area contributed by atoms with E-state index in [4.69, 9.17) is 26.4 Å². The first-order valence-corrected chi connectivity index (χ1v) is 10.8. The summed E-state index contributed by atoms with van der Waals surface area (Å²) in [7, 11) is 3.20. The molecule has 0 bridgehead atoms. The van der Waals surface area contributed by atoms with Gasteiger partial charge in [0.05, 0.1) is 19.9 Å². The van der Waals surface area contributed by atoms with Gasteiger partial charge >= 0.3 is 0 Å². The van der Waals surface area contributed by atoms with Gasteiger partial charge in [-0.2, -0.15) is 0 Å². The van der Waals surface area contributed by atoms with E-state index in [0.717, 1.165) is 5.56 Å². The second kappa shape index (κ2) is 10.2. The van der Waals surface area contributed by atoms with E-state index in [-0.39, 0.29) is 17.3 Å². The quantitative estimate of drug-likeness (QED) is 0.316. The lowest BCUT2D eigenvalue weighted by Crippen LogP contribution is -2.54. The normalized spacial score (nSPS) is 14.7. The number of benzene rings is 3. The maximum absolute atomic E-state index is 13.1. The van der Waals surface area contributed by atoms with Crippen molar-refractivity contribution in [2.24, 2.45) is 0 Å². The van der Waals surface area contributed by atoms with Crippen LogP contribution >= 0.6 is 12.2 Å². The largest absolute Gasteiger partial charge is 0.497 e. The Morgan fingerprint density at radius 2 is 1.62 bits per heavy atom. The molecule has 0 saturated carbocycles. The molecule has 1 heterocycles. The maximum Gasteiger partial charge on any atom is 0.270 e. The molecule has 1 fully saturated rings. The number of hydrogen-bond acceptors (Lipinski definition) is 6. The number of methoxy groups -OCH3 is 2. The Morgan fingerprint density at radius 1 is 0.912 bits per heavy atom. The van der Waals surface area contributed by atoms with E-state index in [9.17, 15) is 9.59 Å². The van der Waals surface area contributed by atoms with Gasteiger partial charge in [-0.25, -0.2) is 0 Å². The summed E-state index contributed by atoms with van der Waals surface area (Å²) in [4.78, 5) is 26.8. The minimum Gasteiger partial charge on any atom is -0.497 e. The van der Waals surface area contributed by atoms with Crippen LogP contribution in [0.25, 0.3) is 6.08 Å². The van der Waals surface area contributed by atoms with Crippen molar-refractivity contribution in [1.82, 2.24) is 5.32 Å². The lowest BCUT2D eigenvalue weighted by molar-refractivity contribution is -0.122. The third-order valence-corrected chi connectivity index (χ3v) is 5.47. The fourth-order valence-corrected chi connectivity index (χ4v) is 3.73. The molecular weight excluding hydrogens is 452 g/mol. The van der Waals surface area contributed by atoms with Gasteiger partial charge in [0.2, 0.25) is 0 Å². The molecule has 8 heteroatoms. The number of anilines is 1. The molecule has 0 unspecified atom stereocenters. The number of nitrogens with one attached hydrogen (secondary N) is 1. The van der Waals surface area contributed by atoms with Crippen LogP contribution in [0.1, 0.15) is 11.1 Å². The molecule has 4 rings (SSSR count). The van der Waals surface area contributed by atoms with Crippen LogP contribution in [0.3, 0.4) is 0 Å². The number of nitrogens with zero attached hydrogens (tertiary/aromatic N) is 1. The molecule has 7 nitrogen and oxygen atoms in total. The van der Waals surface area contributed by atoms with E-state index >= 15 is 0 Å². The van der Waals surface area contributed by atoms with Crippen LogP contribution in [-0.4, -0.2) is 31.1 Å². The van der Waals surface area contributed by atoms with Crippen molar-refractivity contribution in [2.45, 2.75) is 6.61 Å². The van der Waals surface area contributed by atoms with E-state index in [0.29, 0.717) is 28.5 Å². The van der Waals surface area contributed by atoms with Gasteiger partial charge in [-0.05, 0) is 66.3 Å². The smallest absolute Gasteiger partial charge is 0.270 e. The van der Waals surface area contributed by atoms with Crippen LogP contribution in [0.15, 0.2) is 78.4 Å². The van der Waals surface area contributed by atoms with E-state index in [1.54, 1.807) is 62.8 Å². The second-order valence-corrected chi connectivity index (χ2v) is 7.72. The van der Waals surface area contributed by atoms with Gasteiger partial charge in [-0.15, -0.1) is 0 Å². The van der Waals surface area contributed by atoms with Crippen molar-refractivity contribution in [1.29, 1.82) is 0 Å². The fourth-order valence-electron chi connectivity index (χ4n) is 3.45. The molecule has 0 radical (unpaired) electrons. The summed E-state index contributed by atoms with van der Waals surface area (Å²) in [5.74, 6) is 1.02. The van der Waals surface area contributed by atoms with Gasteiger partial charge in [-0.3, -0.25) is 19.8 Å². The monoisotopic (exact) mass is 474 g/mol. The standard InChI is InChI=1S/C26H22N2O5S/c1-31-21-12-13-23(32-2)18(15-21)16-33-20-10-8-17(9-11-20)14-22-24(29)27-26(34)28(25(22)30)19-6-4-3-5-7-19/h3-15H,16H2,1-2H3,(H,27,29,34)/b22-14+. The van der Waals surface area contributed by atoms with E-state index in [2.05, 4.69) is 5.32 Å². The predicted molar refractivity (Wildman–Crippen MR) is 133 cm³/mol. The summed E-state index contributed by atoms with van der Waals surface area (Å²) in [5.41, 5.74) is 2.09. The van der Waals surface area contributed by atoms with Gasteiger partial charge in [-0.1, -0.05) is 30.3 Å². The average molecular weight is 475 g/mol. The number of carbonyl (C=O) groups is 2. The maximum atomic E-state index is 13.1. The van der Waals surface area contributed by atoms with Gasteiger partial charge < -0.3 is 14.2 Å². The molecule has 2 amide bonds. The fraction of sp³-hybridized carbons (Fsp3) is 0.115. The number of para-hydroxylation sites is 1. The van der Waals surface area contributed by atoms with Crippen LogP contribution < -0.4 is 24.4 Å².